The summed E-state index contributed by atoms with van der Waals surface area (Å²) in [5, 5.41) is 1.59. The van der Waals surface area contributed by atoms with E-state index in [0.717, 1.165) is 66.5 Å². The molecular weight excluding hydrogens is 699 g/mol. The van der Waals surface area contributed by atoms with Crippen molar-refractivity contribution in [3.05, 3.63) is 173 Å². The molecule has 0 amide bonds. The minimum Gasteiger partial charge on any atom is -0.457 e. The van der Waals surface area contributed by atoms with Gasteiger partial charge in [-0.3, -0.25) is 9.97 Å². The Hall–Kier alpha value is -6.85. The highest BCUT2D eigenvalue weighted by Crippen LogP contribution is 2.43. The molecule has 0 spiro atoms. The molecule has 5 nitrogen and oxygen atoms in total. The number of nitrogens with zero attached hydrogens (tertiary/aromatic N) is 3. The number of aryl methyl sites for hydroxylation is 6. The summed E-state index contributed by atoms with van der Waals surface area (Å²) in [6.07, 6.45) is 3.73. The van der Waals surface area contributed by atoms with Crippen molar-refractivity contribution in [3.8, 4) is 67.4 Å². The molecule has 0 saturated carbocycles. The van der Waals surface area contributed by atoms with Gasteiger partial charge in [0.2, 0.25) is 5.71 Å². The zero-order valence-corrected chi connectivity index (χ0v) is 32.9. The number of fused-ring (bicyclic) bond motifs is 3. The number of rotatable bonds is 7. The Morgan fingerprint density at radius 3 is 2.05 bits per heavy atom. The zero-order chi connectivity index (χ0) is 41.9. The first-order chi connectivity index (χ1) is 28.8. The van der Waals surface area contributed by atoms with Crippen molar-refractivity contribution in [1.82, 2.24) is 15.0 Å². The van der Waals surface area contributed by atoms with Crippen molar-refractivity contribution in [2.45, 2.75) is 48.4 Å². The molecule has 5 aromatic carbocycles. The topological polar surface area (TPSA) is 61.0 Å². The molecule has 4 aromatic heterocycles. The highest BCUT2D eigenvalue weighted by Gasteiger charge is 2.20. The molecule has 278 valence electrons. The average molecular weight is 745 g/mol. The third-order valence-corrected chi connectivity index (χ3v) is 10.9. The lowest BCUT2D eigenvalue weighted by atomic mass is 9.94. The Bertz CT molecular complexity index is 3110. The van der Waals surface area contributed by atoms with Crippen LogP contribution in [-0.2, 0) is 0 Å². The number of ether oxygens (including phenoxy) is 1. The van der Waals surface area contributed by atoms with Gasteiger partial charge < -0.3 is 9.15 Å². The fourth-order valence-electron chi connectivity index (χ4n) is 7.60. The van der Waals surface area contributed by atoms with E-state index in [1.807, 2.05) is 112 Å². The summed E-state index contributed by atoms with van der Waals surface area (Å²) in [6.45, 7) is 9.74. The lowest BCUT2D eigenvalue weighted by Crippen LogP contribution is -1.96. The minimum atomic E-state index is -2.55. The van der Waals surface area contributed by atoms with Crippen LogP contribution in [0, 0.1) is 48.4 Å². The molecule has 0 aliphatic carbocycles. The first-order valence-electron chi connectivity index (χ1n) is 20.6. The molecule has 0 N–H and O–H groups in total. The van der Waals surface area contributed by atoms with E-state index in [1.54, 1.807) is 6.07 Å². The highest BCUT2D eigenvalue weighted by molar-refractivity contribution is 6.09. The molecule has 0 aliphatic heterocycles. The van der Waals surface area contributed by atoms with Crippen molar-refractivity contribution in [1.29, 1.82) is 0 Å². The summed E-state index contributed by atoms with van der Waals surface area (Å²) >= 11 is 0. The van der Waals surface area contributed by atoms with Crippen LogP contribution in [0.1, 0.15) is 43.2 Å². The second-order valence-corrected chi connectivity index (χ2v) is 15.1. The third kappa shape index (κ3) is 6.76. The average Bonchev–Trinajstić information content (AvgIpc) is 3.59. The number of pyridine rings is 3. The SMILES string of the molecule is [2H]C([2H])([2H])c1c(Oc2cc(-c3cc(-c4ccc(C)cc4C)c(C)cn3)c3oc4nc(C)ccc4c3c2)cc(-c2cc(C)c(C)cn2)cc1-c1ccc(-c2ccccc2)cc1. The molecule has 4 heterocycles. The zero-order valence-electron chi connectivity index (χ0n) is 35.9. The Morgan fingerprint density at radius 1 is 0.526 bits per heavy atom. The van der Waals surface area contributed by atoms with Crippen LogP contribution < -0.4 is 4.74 Å². The van der Waals surface area contributed by atoms with Crippen molar-refractivity contribution in [2.24, 2.45) is 0 Å². The van der Waals surface area contributed by atoms with Gasteiger partial charge in [0.05, 0.1) is 11.4 Å². The minimum absolute atomic E-state index is 0.101. The van der Waals surface area contributed by atoms with Crippen LogP contribution in [0.5, 0.6) is 11.5 Å². The second-order valence-electron chi connectivity index (χ2n) is 15.1. The van der Waals surface area contributed by atoms with E-state index in [-0.39, 0.29) is 11.3 Å². The van der Waals surface area contributed by atoms with E-state index < -0.39 is 6.85 Å². The van der Waals surface area contributed by atoms with Crippen LogP contribution in [0.3, 0.4) is 0 Å². The van der Waals surface area contributed by atoms with Gasteiger partial charge in [0.15, 0.2) is 0 Å². The standard InChI is InChI=1S/C52H43N3O2/c1-30-13-19-42(32(3)21-30)44-27-49(54-29-34(44)5)47-26-41(25-46-43-20-14-35(6)55-52(43)57-51(46)47)56-50-24-40(48-22-31(2)33(4)28-53-48)23-45(36(50)7)39-17-15-38(16-18-39)37-11-9-8-10-12-37/h8-29H,1-7H3/i7D3. The van der Waals surface area contributed by atoms with Crippen molar-refractivity contribution in [2.75, 3.05) is 0 Å². The molecule has 57 heavy (non-hydrogen) atoms. The maximum absolute atomic E-state index is 8.96. The van der Waals surface area contributed by atoms with Gasteiger partial charge in [-0.05, 0) is 158 Å². The van der Waals surface area contributed by atoms with Gasteiger partial charge in [0.1, 0.15) is 17.1 Å². The predicted molar refractivity (Wildman–Crippen MR) is 234 cm³/mol. The summed E-state index contributed by atoms with van der Waals surface area (Å²) in [5.74, 6) is 0.631. The van der Waals surface area contributed by atoms with E-state index in [0.29, 0.717) is 39.6 Å². The van der Waals surface area contributed by atoms with E-state index >= 15 is 0 Å². The Morgan fingerprint density at radius 2 is 1.28 bits per heavy atom. The first kappa shape index (κ1) is 32.4. The molecule has 0 bridgehead atoms. The summed E-state index contributed by atoms with van der Waals surface area (Å²) in [5.41, 5.74) is 16.0. The lowest BCUT2D eigenvalue weighted by Gasteiger charge is -2.17. The molecule has 5 heteroatoms. The fraction of sp³-hybridized carbons (Fsp3) is 0.135. The normalized spacial score (nSPS) is 12.4. The molecule has 0 unspecified atom stereocenters. The van der Waals surface area contributed by atoms with Crippen LogP contribution in [0.4, 0.5) is 0 Å². The van der Waals surface area contributed by atoms with Gasteiger partial charge in [0, 0.05) is 44.1 Å². The first-order valence-corrected chi connectivity index (χ1v) is 19.1. The summed E-state index contributed by atoms with van der Waals surface area (Å²) in [6, 6.07) is 40.1. The van der Waals surface area contributed by atoms with Gasteiger partial charge in [-0.1, -0.05) is 78.4 Å². The molecule has 0 radical (unpaired) electrons. The molecular formula is C52H43N3O2. The van der Waals surface area contributed by atoms with Crippen LogP contribution in [0.2, 0.25) is 0 Å². The summed E-state index contributed by atoms with van der Waals surface area (Å²) in [7, 11) is 0. The van der Waals surface area contributed by atoms with Crippen LogP contribution in [-0.4, -0.2) is 15.0 Å². The van der Waals surface area contributed by atoms with E-state index in [2.05, 4.69) is 57.2 Å². The highest BCUT2D eigenvalue weighted by atomic mass is 16.5. The number of aromatic nitrogens is 3. The summed E-state index contributed by atoms with van der Waals surface area (Å²) in [4.78, 5) is 14.5. The Balaban J connectivity index is 1.26. The molecule has 9 rings (SSSR count). The molecule has 0 atom stereocenters. The van der Waals surface area contributed by atoms with Crippen molar-refractivity contribution < 1.29 is 13.3 Å². The van der Waals surface area contributed by atoms with Crippen molar-refractivity contribution in [3.63, 3.8) is 0 Å². The predicted octanol–water partition coefficient (Wildman–Crippen LogP) is 14.1. The monoisotopic (exact) mass is 744 g/mol. The van der Waals surface area contributed by atoms with E-state index in [9.17, 15) is 0 Å². The number of furan rings is 1. The van der Waals surface area contributed by atoms with Gasteiger partial charge in [-0.25, -0.2) is 4.98 Å². The lowest BCUT2D eigenvalue weighted by molar-refractivity contribution is 0.480. The second kappa shape index (κ2) is 14.3. The number of hydrogen-bond donors (Lipinski definition) is 0. The largest absolute Gasteiger partial charge is 0.457 e. The fourth-order valence-corrected chi connectivity index (χ4v) is 7.60. The van der Waals surface area contributed by atoms with Gasteiger partial charge >= 0.3 is 0 Å². The summed E-state index contributed by atoms with van der Waals surface area (Å²) < 4.78 is 40.3. The molecule has 0 aliphatic rings. The maximum atomic E-state index is 8.96. The third-order valence-electron chi connectivity index (χ3n) is 10.9. The number of benzene rings is 5. The number of hydrogen-bond acceptors (Lipinski definition) is 5. The van der Waals surface area contributed by atoms with E-state index in [1.165, 1.54) is 11.1 Å². The molecule has 0 saturated heterocycles. The van der Waals surface area contributed by atoms with Crippen LogP contribution >= 0.6 is 0 Å². The van der Waals surface area contributed by atoms with E-state index in [4.69, 9.17) is 28.2 Å². The smallest absolute Gasteiger partial charge is 0.227 e. The van der Waals surface area contributed by atoms with Crippen LogP contribution in [0.25, 0.3) is 78.0 Å². The van der Waals surface area contributed by atoms with Gasteiger partial charge in [-0.2, -0.15) is 0 Å². The van der Waals surface area contributed by atoms with Crippen LogP contribution in [0.15, 0.2) is 138 Å². The molecule has 0 fully saturated rings. The van der Waals surface area contributed by atoms with Gasteiger partial charge in [0.25, 0.3) is 0 Å². The van der Waals surface area contributed by atoms with Gasteiger partial charge in [-0.15, -0.1) is 0 Å². The quantitative estimate of drug-likeness (QED) is 0.163. The maximum Gasteiger partial charge on any atom is 0.227 e. The van der Waals surface area contributed by atoms with Crippen molar-refractivity contribution >= 4 is 22.1 Å². The Labute approximate surface area is 337 Å². The molecule has 9 aromatic rings. The Kier molecular flexibility index (Phi) is 8.15.